The summed E-state index contributed by atoms with van der Waals surface area (Å²) in [6, 6.07) is 15.8. The number of nitrogens with zero attached hydrogens (tertiary/aromatic N) is 4. The largest absolute Gasteiger partial charge is 0.489 e. The summed E-state index contributed by atoms with van der Waals surface area (Å²) in [5, 5.41) is 7.19. The number of aromatic nitrogens is 4. The third-order valence-electron chi connectivity index (χ3n) is 5.09. The molecule has 5 rings (SSSR count). The lowest BCUT2D eigenvalue weighted by Gasteiger charge is -2.08. The van der Waals surface area contributed by atoms with Gasteiger partial charge in [-0.3, -0.25) is 15.1 Å². The van der Waals surface area contributed by atoms with Crippen LogP contribution < -0.4 is 10.1 Å². The van der Waals surface area contributed by atoms with Crippen molar-refractivity contribution in [3.63, 3.8) is 0 Å². The Morgan fingerprint density at radius 3 is 2.73 bits per heavy atom. The summed E-state index contributed by atoms with van der Waals surface area (Å²) in [4.78, 5) is 20.8. The first-order valence-corrected chi connectivity index (χ1v) is 9.97. The molecule has 0 atom stereocenters. The summed E-state index contributed by atoms with van der Waals surface area (Å²) in [6.45, 7) is 2.43. The first kappa shape index (κ1) is 18.3. The van der Waals surface area contributed by atoms with Crippen molar-refractivity contribution in [2.75, 3.05) is 5.32 Å². The Kier molecular flexibility index (Phi) is 4.63. The van der Waals surface area contributed by atoms with Crippen molar-refractivity contribution < 1.29 is 9.53 Å². The highest BCUT2D eigenvalue weighted by Crippen LogP contribution is 2.30. The fourth-order valence-electron chi connectivity index (χ4n) is 3.22. The van der Waals surface area contributed by atoms with Crippen LogP contribution in [-0.2, 0) is 11.4 Å². The number of hydrogen-bond donors (Lipinski definition) is 1. The monoisotopic (exact) mass is 399 g/mol. The van der Waals surface area contributed by atoms with Gasteiger partial charge in [0.25, 0.3) is 0 Å². The fraction of sp³-hybridized carbons (Fsp3) is 0.217. The second-order valence-corrected chi connectivity index (χ2v) is 7.51. The molecule has 1 saturated carbocycles. The smallest absolute Gasteiger partial charge is 0.249 e. The van der Waals surface area contributed by atoms with E-state index in [1.54, 1.807) is 4.52 Å². The van der Waals surface area contributed by atoms with Gasteiger partial charge in [0.05, 0.1) is 0 Å². The second kappa shape index (κ2) is 7.59. The van der Waals surface area contributed by atoms with Gasteiger partial charge >= 0.3 is 0 Å². The number of rotatable bonds is 6. The Morgan fingerprint density at radius 1 is 1.17 bits per heavy atom. The number of nitrogens with one attached hydrogen (secondary N) is 1. The van der Waals surface area contributed by atoms with Gasteiger partial charge in [-0.25, -0.2) is 4.52 Å². The molecule has 0 bridgehead atoms. The fourth-order valence-corrected chi connectivity index (χ4v) is 3.22. The van der Waals surface area contributed by atoms with E-state index in [2.05, 4.69) is 20.4 Å². The lowest BCUT2D eigenvalue weighted by atomic mass is 10.1. The molecule has 1 aromatic carbocycles. The van der Waals surface area contributed by atoms with Crippen LogP contribution in [0.3, 0.4) is 0 Å². The Hall–Kier alpha value is -3.74. The van der Waals surface area contributed by atoms with Gasteiger partial charge in [0.15, 0.2) is 5.65 Å². The molecule has 0 unspecified atom stereocenters. The van der Waals surface area contributed by atoms with Crippen LogP contribution in [0.15, 0.2) is 60.9 Å². The maximum atomic E-state index is 12.0. The van der Waals surface area contributed by atoms with Gasteiger partial charge in [-0.2, -0.15) is 4.98 Å². The molecular weight excluding hydrogens is 378 g/mol. The molecule has 1 amide bonds. The highest BCUT2D eigenvalue weighted by Gasteiger charge is 2.30. The zero-order valence-corrected chi connectivity index (χ0v) is 16.6. The number of pyridine rings is 2. The molecule has 7 nitrogen and oxygen atoms in total. The Morgan fingerprint density at radius 2 is 2.00 bits per heavy atom. The van der Waals surface area contributed by atoms with Gasteiger partial charge in [-0.15, -0.1) is 5.10 Å². The number of benzene rings is 1. The summed E-state index contributed by atoms with van der Waals surface area (Å²) >= 11 is 0. The normalized spacial score (nSPS) is 13.4. The number of aryl methyl sites for hydroxylation is 1. The molecule has 1 fully saturated rings. The number of anilines is 1. The quantitative estimate of drug-likeness (QED) is 0.529. The third kappa shape index (κ3) is 3.87. The lowest BCUT2D eigenvalue weighted by molar-refractivity contribution is -0.117. The third-order valence-corrected chi connectivity index (χ3v) is 5.09. The van der Waals surface area contributed by atoms with Crippen molar-refractivity contribution in [3.8, 4) is 16.9 Å². The van der Waals surface area contributed by atoms with Crippen molar-refractivity contribution in [3.05, 3.63) is 72.2 Å². The second-order valence-electron chi connectivity index (χ2n) is 7.51. The van der Waals surface area contributed by atoms with E-state index in [-0.39, 0.29) is 11.8 Å². The molecule has 7 heteroatoms. The molecule has 0 radical (unpaired) electrons. The van der Waals surface area contributed by atoms with Gasteiger partial charge < -0.3 is 4.74 Å². The zero-order chi connectivity index (χ0) is 20.5. The van der Waals surface area contributed by atoms with E-state index >= 15 is 0 Å². The standard InChI is InChI=1S/C23H21N5O2/c1-15-4-5-16(13-24-15)14-30-19-10-8-17(9-11-19)20-3-2-12-28-21(20)25-23(27-28)26-22(29)18-6-7-18/h2-5,8-13,18H,6-7,14H2,1H3,(H,26,27,29). The van der Waals surface area contributed by atoms with Gasteiger partial charge in [0, 0.05) is 35.1 Å². The molecular formula is C23H21N5O2. The SMILES string of the molecule is Cc1ccc(COc2ccc(-c3cccn4nc(NC(=O)C5CC5)nc34)cc2)cn1. The van der Waals surface area contributed by atoms with E-state index in [1.807, 2.05) is 67.8 Å². The van der Waals surface area contributed by atoms with Crippen LogP contribution in [0.2, 0.25) is 0 Å². The molecule has 150 valence electrons. The average molecular weight is 399 g/mol. The van der Waals surface area contributed by atoms with Crippen molar-refractivity contribution in [1.82, 2.24) is 19.6 Å². The molecule has 1 aliphatic rings. The van der Waals surface area contributed by atoms with Crippen molar-refractivity contribution in [2.45, 2.75) is 26.4 Å². The number of fused-ring (bicyclic) bond motifs is 1. The maximum Gasteiger partial charge on any atom is 0.249 e. The molecule has 3 heterocycles. The van der Waals surface area contributed by atoms with Crippen LogP contribution in [0.5, 0.6) is 5.75 Å². The summed E-state index contributed by atoms with van der Waals surface area (Å²) < 4.78 is 7.55. The van der Waals surface area contributed by atoms with Gasteiger partial charge in [0.2, 0.25) is 11.9 Å². The van der Waals surface area contributed by atoms with Crippen LogP contribution in [-0.4, -0.2) is 25.5 Å². The van der Waals surface area contributed by atoms with E-state index in [0.29, 0.717) is 18.2 Å². The van der Waals surface area contributed by atoms with Crippen molar-refractivity contribution in [2.24, 2.45) is 5.92 Å². The first-order chi connectivity index (χ1) is 14.7. The molecule has 1 aliphatic carbocycles. The summed E-state index contributed by atoms with van der Waals surface area (Å²) in [5.41, 5.74) is 4.64. The summed E-state index contributed by atoms with van der Waals surface area (Å²) in [5.74, 6) is 1.23. The van der Waals surface area contributed by atoms with E-state index < -0.39 is 0 Å². The van der Waals surface area contributed by atoms with E-state index in [0.717, 1.165) is 41.0 Å². The first-order valence-electron chi connectivity index (χ1n) is 9.97. The minimum atomic E-state index is -0.00210. The van der Waals surface area contributed by atoms with Crippen LogP contribution >= 0.6 is 0 Å². The summed E-state index contributed by atoms with van der Waals surface area (Å²) in [6.07, 6.45) is 5.54. The highest BCUT2D eigenvalue weighted by molar-refractivity contribution is 5.93. The van der Waals surface area contributed by atoms with Crippen LogP contribution in [0.4, 0.5) is 5.95 Å². The number of carbonyl (C=O) groups excluding carboxylic acids is 1. The molecule has 0 saturated heterocycles. The Bertz CT molecular complexity index is 1190. The van der Waals surface area contributed by atoms with Crippen LogP contribution in [0, 0.1) is 12.8 Å². The van der Waals surface area contributed by atoms with Gasteiger partial charge in [-0.1, -0.05) is 18.2 Å². The Balaban J connectivity index is 1.33. The predicted octanol–water partition coefficient (Wildman–Crippen LogP) is 4.03. The predicted molar refractivity (Wildman–Crippen MR) is 113 cm³/mol. The average Bonchev–Trinajstić information content (AvgIpc) is 3.54. The zero-order valence-electron chi connectivity index (χ0n) is 16.6. The molecule has 4 aromatic rings. The van der Waals surface area contributed by atoms with E-state index in [4.69, 9.17) is 4.74 Å². The number of ether oxygens (including phenoxy) is 1. The molecule has 30 heavy (non-hydrogen) atoms. The lowest BCUT2D eigenvalue weighted by Crippen LogP contribution is -2.14. The molecule has 0 aliphatic heterocycles. The maximum absolute atomic E-state index is 12.0. The highest BCUT2D eigenvalue weighted by atomic mass is 16.5. The van der Waals surface area contributed by atoms with Gasteiger partial charge in [0.1, 0.15) is 12.4 Å². The summed E-state index contributed by atoms with van der Waals surface area (Å²) in [7, 11) is 0. The van der Waals surface area contributed by atoms with Crippen LogP contribution in [0.25, 0.3) is 16.8 Å². The number of carbonyl (C=O) groups is 1. The van der Waals surface area contributed by atoms with Crippen molar-refractivity contribution >= 4 is 17.5 Å². The van der Waals surface area contributed by atoms with Crippen LogP contribution in [0.1, 0.15) is 24.1 Å². The topological polar surface area (TPSA) is 81.4 Å². The van der Waals surface area contributed by atoms with E-state index in [9.17, 15) is 4.79 Å². The minimum Gasteiger partial charge on any atom is -0.489 e. The molecule has 0 spiro atoms. The molecule has 3 aromatic heterocycles. The number of hydrogen-bond acceptors (Lipinski definition) is 5. The molecule has 1 N–H and O–H groups in total. The van der Waals surface area contributed by atoms with E-state index in [1.165, 1.54) is 0 Å². The Labute approximate surface area is 173 Å². The van der Waals surface area contributed by atoms with Gasteiger partial charge in [-0.05, 0) is 55.7 Å². The van der Waals surface area contributed by atoms with Crippen molar-refractivity contribution in [1.29, 1.82) is 0 Å². The number of amides is 1. The minimum absolute atomic E-state index is 0.00210.